The van der Waals surface area contributed by atoms with Gasteiger partial charge >= 0.3 is 18.5 Å². The first-order valence-corrected chi connectivity index (χ1v) is 23.2. The molecule has 0 saturated heterocycles. The summed E-state index contributed by atoms with van der Waals surface area (Å²) in [5.41, 5.74) is -2.47. The average Bonchev–Trinajstić information content (AvgIpc) is 3.94. The minimum absolute atomic E-state index is 0.00714. The summed E-state index contributed by atoms with van der Waals surface area (Å²) >= 11 is 17.6. The van der Waals surface area contributed by atoms with Crippen LogP contribution in [0.1, 0.15) is 81.8 Å². The molecule has 6 aromatic rings. The zero-order chi connectivity index (χ0) is 53.3. The molecule has 3 aliphatic rings. The van der Waals surface area contributed by atoms with E-state index in [0.29, 0.717) is 11.1 Å². The minimum atomic E-state index is -4.86. The lowest BCUT2D eigenvalue weighted by Crippen LogP contribution is -2.28. The summed E-state index contributed by atoms with van der Waals surface area (Å²) in [5.74, 6) is -2.06. The minimum Gasteiger partial charge on any atom is -0.496 e. The molecule has 0 aromatic heterocycles. The van der Waals surface area contributed by atoms with Gasteiger partial charge in [-0.25, -0.2) is 0 Å². The Bertz CT molecular complexity index is 3280. The van der Waals surface area contributed by atoms with Gasteiger partial charge in [0, 0.05) is 42.1 Å². The normalized spacial score (nSPS) is 15.6. The van der Waals surface area contributed by atoms with Gasteiger partial charge in [0.15, 0.2) is 6.23 Å². The number of benzene rings is 6. The summed E-state index contributed by atoms with van der Waals surface area (Å²) in [6.45, 7) is -0.635. The van der Waals surface area contributed by atoms with Gasteiger partial charge in [-0.2, -0.15) is 39.5 Å². The van der Waals surface area contributed by atoms with E-state index < -0.39 is 74.2 Å². The van der Waals surface area contributed by atoms with E-state index in [1.54, 1.807) is 24.1 Å². The van der Waals surface area contributed by atoms with E-state index in [-0.39, 0.29) is 107 Å². The predicted molar refractivity (Wildman–Crippen MR) is 253 cm³/mol. The van der Waals surface area contributed by atoms with E-state index in [9.17, 15) is 59.0 Å². The number of carbonyl (C=O) groups excluding carboxylic acids is 3. The fourth-order valence-corrected chi connectivity index (χ4v) is 9.77. The molecule has 0 fully saturated rings. The number of hydrogen-bond acceptors (Lipinski definition) is 8. The van der Waals surface area contributed by atoms with Crippen LogP contribution >= 0.6 is 34.8 Å². The van der Waals surface area contributed by atoms with E-state index in [1.807, 2.05) is 0 Å². The van der Waals surface area contributed by atoms with E-state index in [4.69, 9.17) is 49.0 Å². The molecule has 0 saturated carbocycles. The molecule has 0 aliphatic carbocycles. The number of likely N-dealkylation sites (N-methyl/N-ethyl adjacent to an activating group) is 1. The Hall–Kier alpha value is -6.71. The molecule has 9 rings (SSSR count). The van der Waals surface area contributed by atoms with Crippen molar-refractivity contribution in [3.8, 4) is 23.0 Å². The Balaban J connectivity index is 0.985. The van der Waals surface area contributed by atoms with Crippen LogP contribution in [0.2, 0.25) is 15.1 Å². The summed E-state index contributed by atoms with van der Waals surface area (Å²) in [7, 11) is 3.00. The number of rotatable bonds is 13. The molecule has 1 atom stereocenters. The lowest BCUT2D eigenvalue weighted by molar-refractivity contribution is -0.138. The van der Waals surface area contributed by atoms with Gasteiger partial charge in [0.25, 0.3) is 17.7 Å². The Labute approximate surface area is 429 Å². The van der Waals surface area contributed by atoms with Crippen molar-refractivity contribution in [2.75, 3.05) is 37.1 Å². The zero-order valence-electron chi connectivity index (χ0n) is 38.3. The molecule has 386 valence electrons. The number of amides is 3. The predicted octanol–water partition coefficient (Wildman–Crippen LogP) is 13.0. The highest BCUT2D eigenvalue weighted by molar-refractivity contribution is 6.32. The Kier molecular flexibility index (Phi) is 13.8. The molecule has 3 aliphatic heterocycles. The quantitative estimate of drug-likeness (QED) is 0.114. The summed E-state index contributed by atoms with van der Waals surface area (Å²) in [6, 6.07) is 19.8. The van der Waals surface area contributed by atoms with Gasteiger partial charge in [0.2, 0.25) is 0 Å². The summed E-state index contributed by atoms with van der Waals surface area (Å²) in [5, 5.41) is 9.43. The lowest BCUT2D eigenvalue weighted by Gasteiger charge is -2.21. The zero-order valence-corrected chi connectivity index (χ0v) is 40.5. The number of aliphatic hydroxyl groups is 1. The second-order valence-electron chi connectivity index (χ2n) is 17.4. The summed E-state index contributed by atoms with van der Waals surface area (Å²) in [4.78, 5) is 47.0. The first-order chi connectivity index (χ1) is 34.8. The van der Waals surface area contributed by atoms with E-state index in [1.165, 1.54) is 55.6 Å². The molecular weight excluding hydrogens is 1060 g/mol. The molecule has 6 aromatic carbocycles. The number of ether oxygens (including phenoxy) is 3. The fraction of sp³-hybridized carbons (Fsp3) is 0.235. The van der Waals surface area contributed by atoms with Crippen LogP contribution in [0.4, 0.5) is 50.9 Å². The lowest BCUT2D eigenvalue weighted by atomic mass is 10.0. The number of halogens is 12. The third kappa shape index (κ3) is 9.88. The smallest absolute Gasteiger partial charge is 0.417 e. The summed E-state index contributed by atoms with van der Waals surface area (Å²) in [6.07, 6.45) is -16.0. The van der Waals surface area contributed by atoms with E-state index in [0.717, 1.165) is 51.1 Å². The van der Waals surface area contributed by atoms with Crippen molar-refractivity contribution in [2.24, 2.45) is 0 Å². The molecule has 3 amide bonds. The van der Waals surface area contributed by atoms with Crippen LogP contribution in [0.25, 0.3) is 0 Å². The van der Waals surface area contributed by atoms with Crippen molar-refractivity contribution in [2.45, 2.75) is 50.9 Å². The maximum atomic E-state index is 14.4. The standard InChI is InChI=1S/C51H36Cl3F9N4O7/c1-64(14-15-73-40-5-3-4-30-43(40)48(71)67(45(30)68)22-25-6-9-35(52)32(17-25)49(55,56)57)21-26-16-27-23-65(28-7-10-36(53)33(19-28)50(58,59)60)46(69)42(27)41(18-26)74-38-12-13-39(72-2)44-31(38)24-66(47(44)70)29-8-11-37(54)34(20-29)51(61,62)63/h3-13,16-20,45,68H,14-15,21-24H2,1-2H3. The number of hydrogen-bond donors (Lipinski definition) is 1. The largest absolute Gasteiger partial charge is 0.496 e. The number of carbonyl (C=O) groups is 3. The van der Waals surface area contributed by atoms with Gasteiger partial charge in [-0.05, 0) is 96.5 Å². The third-order valence-electron chi connectivity index (χ3n) is 12.6. The van der Waals surface area contributed by atoms with E-state index >= 15 is 0 Å². The third-order valence-corrected chi connectivity index (χ3v) is 13.6. The van der Waals surface area contributed by atoms with Gasteiger partial charge in [0.05, 0.1) is 68.6 Å². The molecule has 0 spiro atoms. The number of alkyl halides is 9. The number of methoxy groups -OCH3 is 1. The second-order valence-corrected chi connectivity index (χ2v) is 18.6. The molecule has 1 unspecified atom stereocenters. The highest BCUT2D eigenvalue weighted by Crippen LogP contribution is 2.47. The monoisotopic (exact) mass is 1090 g/mol. The van der Waals surface area contributed by atoms with Crippen molar-refractivity contribution in [3.63, 3.8) is 0 Å². The number of anilines is 2. The number of nitrogens with zero attached hydrogens (tertiary/aromatic N) is 4. The maximum absolute atomic E-state index is 14.4. The number of aliphatic hydroxyl groups excluding tert-OH is 1. The molecule has 0 radical (unpaired) electrons. The van der Waals surface area contributed by atoms with Crippen LogP contribution in [0.15, 0.2) is 97.1 Å². The van der Waals surface area contributed by atoms with Gasteiger partial charge in [0.1, 0.15) is 29.6 Å². The van der Waals surface area contributed by atoms with Crippen molar-refractivity contribution in [3.05, 3.63) is 173 Å². The number of fused-ring (bicyclic) bond motifs is 3. The van der Waals surface area contributed by atoms with Gasteiger partial charge in [-0.1, -0.05) is 59.1 Å². The van der Waals surface area contributed by atoms with Crippen LogP contribution < -0.4 is 24.0 Å². The highest BCUT2D eigenvalue weighted by Gasteiger charge is 2.42. The molecule has 23 heteroatoms. The summed E-state index contributed by atoms with van der Waals surface area (Å²) < 4.78 is 143. The topological polar surface area (TPSA) is 112 Å². The molecule has 11 nitrogen and oxygen atoms in total. The Morgan fingerprint density at radius 3 is 1.80 bits per heavy atom. The fourth-order valence-electron chi connectivity index (χ4n) is 9.09. The maximum Gasteiger partial charge on any atom is 0.417 e. The van der Waals surface area contributed by atoms with Crippen LogP contribution in [0, 0.1) is 0 Å². The molecule has 0 bridgehead atoms. The van der Waals surface area contributed by atoms with Crippen LogP contribution in [0.3, 0.4) is 0 Å². The first kappa shape index (κ1) is 52.2. The molecule has 74 heavy (non-hydrogen) atoms. The van der Waals surface area contributed by atoms with Crippen LogP contribution in [-0.4, -0.2) is 59.9 Å². The Morgan fingerprint density at radius 1 is 0.622 bits per heavy atom. The van der Waals surface area contributed by atoms with Crippen molar-refractivity contribution in [1.29, 1.82) is 0 Å². The van der Waals surface area contributed by atoms with Gasteiger partial charge < -0.3 is 34.0 Å². The first-order valence-electron chi connectivity index (χ1n) is 22.0. The SMILES string of the molecule is COc1ccc(Oc2cc(CN(C)CCOc3cccc4c3C(=O)N(Cc3ccc(Cl)c(C(F)(F)F)c3)C4O)cc3c2C(=O)N(c2ccc(Cl)c(C(F)(F)F)c2)C3)c2c1C(=O)N(c1ccc(Cl)c(C(F)(F)F)c1)C2. The van der Waals surface area contributed by atoms with Crippen molar-refractivity contribution >= 4 is 63.9 Å². The molecule has 1 N–H and O–H groups in total. The average molecular weight is 1090 g/mol. The van der Waals surface area contributed by atoms with Gasteiger partial charge in [-0.15, -0.1) is 0 Å². The van der Waals surface area contributed by atoms with Crippen molar-refractivity contribution in [1.82, 2.24) is 9.80 Å². The van der Waals surface area contributed by atoms with Crippen LogP contribution in [0.5, 0.6) is 23.0 Å². The van der Waals surface area contributed by atoms with Crippen LogP contribution in [-0.2, 0) is 44.7 Å². The van der Waals surface area contributed by atoms with Gasteiger partial charge in [-0.3, -0.25) is 19.3 Å². The Morgan fingerprint density at radius 2 is 1.19 bits per heavy atom. The second kappa shape index (κ2) is 19.5. The highest BCUT2D eigenvalue weighted by atomic mass is 35.5. The molecule has 3 heterocycles. The van der Waals surface area contributed by atoms with E-state index in [2.05, 4.69) is 0 Å². The van der Waals surface area contributed by atoms with Crippen molar-refractivity contribution < 1.29 is 73.2 Å². The molecular formula is C51H36Cl3F9N4O7.